The summed E-state index contributed by atoms with van der Waals surface area (Å²) in [6.45, 7) is 0. The Labute approximate surface area is 187 Å². The largest absolute Gasteiger partial charge is 0.425 e. The van der Waals surface area contributed by atoms with Crippen molar-refractivity contribution in [3.8, 4) is 5.69 Å². The van der Waals surface area contributed by atoms with Gasteiger partial charge in [0.15, 0.2) is 0 Å². The Kier molecular flexibility index (Phi) is 4.65. The van der Waals surface area contributed by atoms with Gasteiger partial charge < -0.3 is 10.1 Å². The zero-order valence-electron chi connectivity index (χ0n) is 16.2. The van der Waals surface area contributed by atoms with Gasteiger partial charge in [-0.25, -0.2) is 9.07 Å². The number of nitrogens with one attached hydrogen (secondary N) is 1. The van der Waals surface area contributed by atoms with Crippen molar-refractivity contribution in [2.45, 2.75) is 11.8 Å². The highest BCUT2D eigenvalue weighted by Gasteiger charge is 2.57. The summed E-state index contributed by atoms with van der Waals surface area (Å²) in [5, 5.41) is 16.0. The Morgan fingerprint density at radius 3 is 2.44 bits per heavy atom. The van der Waals surface area contributed by atoms with Crippen LogP contribution in [0.4, 0.5) is 17.6 Å². The summed E-state index contributed by atoms with van der Waals surface area (Å²) in [5.41, 5.74) is -2.34. The Morgan fingerprint density at radius 1 is 0.969 bits per heavy atom. The highest BCUT2D eigenvalue weighted by atomic mass is 79.9. The fourth-order valence-electron chi connectivity index (χ4n) is 3.91. The minimum absolute atomic E-state index is 0.251. The SMILES string of the molecule is OC(c1ccc2c(cnn2-c2ccc(F)cc2)c1)(c1c[nH]c2ccc(Br)cc12)C(F)(F)F. The monoisotopic (exact) mass is 503 g/mol. The van der Waals surface area contributed by atoms with Gasteiger partial charge in [0.25, 0.3) is 0 Å². The van der Waals surface area contributed by atoms with Crippen LogP contribution < -0.4 is 0 Å². The first-order valence-corrected chi connectivity index (χ1v) is 10.3. The smallest absolute Gasteiger partial charge is 0.372 e. The summed E-state index contributed by atoms with van der Waals surface area (Å²) in [4.78, 5) is 2.80. The summed E-state index contributed by atoms with van der Waals surface area (Å²) >= 11 is 3.28. The number of aliphatic hydroxyl groups is 1. The van der Waals surface area contributed by atoms with Gasteiger partial charge in [0.1, 0.15) is 5.82 Å². The molecule has 0 saturated heterocycles. The van der Waals surface area contributed by atoms with Crippen molar-refractivity contribution >= 4 is 37.7 Å². The number of aromatic nitrogens is 3. The number of fused-ring (bicyclic) bond motifs is 2. The molecule has 32 heavy (non-hydrogen) atoms. The van der Waals surface area contributed by atoms with Crippen molar-refractivity contribution in [2.75, 3.05) is 0 Å². The third-order valence-electron chi connectivity index (χ3n) is 5.50. The standard InChI is InChI=1S/C23H14BrF4N3O/c24-15-2-7-20-18(10-15)19(12-29-20)22(32,23(26,27)28)14-1-8-21-13(9-14)11-30-31(21)17-5-3-16(25)4-6-17/h1-12,29,32H. The lowest BCUT2D eigenvalue weighted by Crippen LogP contribution is -2.43. The molecule has 0 amide bonds. The average molecular weight is 504 g/mol. The third-order valence-corrected chi connectivity index (χ3v) is 5.99. The summed E-state index contributed by atoms with van der Waals surface area (Å²) < 4.78 is 58.4. The summed E-state index contributed by atoms with van der Waals surface area (Å²) in [7, 11) is 0. The highest BCUT2D eigenvalue weighted by Crippen LogP contribution is 2.47. The molecule has 0 radical (unpaired) electrons. The molecule has 9 heteroatoms. The molecular weight excluding hydrogens is 490 g/mol. The second kappa shape index (κ2) is 7.18. The Morgan fingerprint density at radius 2 is 1.72 bits per heavy atom. The van der Waals surface area contributed by atoms with E-state index in [0.29, 0.717) is 26.6 Å². The van der Waals surface area contributed by atoms with E-state index in [2.05, 4.69) is 26.0 Å². The van der Waals surface area contributed by atoms with Gasteiger partial charge in [-0.15, -0.1) is 0 Å². The fraction of sp³-hybridized carbons (Fsp3) is 0.0870. The van der Waals surface area contributed by atoms with Crippen molar-refractivity contribution in [2.24, 2.45) is 0 Å². The Balaban J connectivity index is 1.70. The molecular formula is C23H14BrF4N3O. The topological polar surface area (TPSA) is 53.8 Å². The average Bonchev–Trinajstić information content (AvgIpc) is 3.36. The van der Waals surface area contributed by atoms with Crippen LogP contribution in [0, 0.1) is 5.82 Å². The molecule has 2 aromatic heterocycles. The summed E-state index contributed by atoms with van der Waals surface area (Å²) in [6, 6.07) is 14.4. The molecule has 1 unspecified atom stereocenters. The van der Waals surface area contributed by atoms with E-state index in [-0.39, 0.29) is 16.5 Å². The zero-order valence-corrected chi connectivity index (χ0v) is 17.7. The van der Waals surface area contributed by atoms with Crippen LogP contribution in [-0.2, 0) is 5.60 Å². The normalized spacial score (nSPS) is 14.2. The number of rotatable bonds is 3. The van der Waals surface area contributed by atoms with Crippen molar-refractivity contribution in [3.05, 3.63) is 94.5 Å². The van der Waals surface area contributed by atoms with Gasteiger partial charge in [0.05, 0.1) is 17.4 Å². The molecule has 0 aliphatic rings. The molecule has 2 heterocycles. The predicted octanol–water partition coefficient (Wildman–Crippen LogP) is 6.21. The molecule has 5 aromatic rings. The van der Waals surface area contributed by atoms with Gasteiger partial charge in [-0.2, -0.15) is 18.3 Å². The number of aromatic amines is 1. The molecule has 162 valence electrons. The minimum Gasteiger partial charge on any atom is -0.372 e. The van der Waals surface area contributed by atoms with Crippen molar-refractivity contribution in [1.29, 1.82) is 0 Å². The number of halogens is 5. The lowest BCUT2D eigenvalue weighted by molar-refractivity contribution is -0.247. The number of benzene rings is 3. The van der Waals surface area contributed by atoms with E-state index in [9.17, 15) is 22.7 Å². The van der Waals surface area contributed by atoms with E-state index in [4.69, 9.17) is 0 Å². The molecule has 2 N–H and O–H groups in total. The Bertz CT molecular complexity index is 1460. The first-order valence-electron chi connectivity index (χ1n) is 9.49. The summed E-state index contributed by atoms with van der Waals surface area (Å²) in [5.74, 6) is -0.409. The first-order chi connectivity index (χ1) is 15.2. The van der Waals surface area contributed by atoms with Crippen LogP contribution in [0.3, 0.4) is 0 Å². The quantitative estimate of drug-likeness (QED) is 0.287. The predicted molar refractivity (Wildman–Crippen MR) is 116 cm³/mol. The number of hydrogen-bond acceptors (Lipinski definition) is 2. The first kappa shape index (κ1) is 20.7. The molecule has 1 atom stereocenters. The van der Waals surface area contributed by atoms with Gasteiger partial charge in [0.2, 0.25) is 5.60 Å². The van der Waals surface area contributed by atoms with Gasteiger partial charge in [-0.3, -0.25) is 0 Å². The van der Waals surface area contributed by atoms with E-state index in [1.807, 2.05) is 0 Å². The summed E-state index contributed by atoms with van der Waals surface area (Å²) in [6.07, 6.45) is -2.41. The van der Waals surface area contributed by atoms with Crippen LogP contribution in [0.5, 0.6) is 0 Å². The van der Waals surface area contributed by atoms with Crippen LogP contribution in [0.2, 0.25) is 0 Å². The second-order valence-electron chi connectivity index (χ2n) is 7.41. The maximum atomic E-state index is 14.4. The molecule has 0 fully saturated rings. The molecule has 0 spiro atoms. The number of H-pyrrole nitrogens is 1. The maximum absolute atomic E-state index is 14.4. The Hall–Kier alpha value is -3.17. The lowest BCUT2D eigenvalue weighted by atomic mass is 9.85. The molecule has 4 nitrogen and oxygen atoms in total. The molecule has 0 bridgehead atoms. The van der Waals surface area contributed by atoms with Crippen LogP contribution in [0.1, 0.15) is 11.1 Å². The van der Waals surface area contributed by atoms with Crippen molar-refractivity contribution in [1.82, 2.24) is 14.8 Å². The van der Waals surface area contributed by atoms with E-state index in [1.54, 1.807) is 12.1 Å². The lowest BCUT2D eigenvalue weighted by Gasteiger charge is -2.31. The van der Waals surface area contributed by atoms with E-state index < -0.39 is 17.6 Å². The van der Waals surface area contributed by atoms with E-state index in [0.717, 1.165) is 0 Å². The van der Waals surface area contributed by atoms with Gasteiger partial charge in [-0.1, -0.05) is 22.0 Å². The van der Waals surface area contributed by atoms with Gasteiger partial charge in [0, 0.05) is 32.5 Å². The fourth-order valence-corrected chi connectivity index (χ4v) is 4.27. The molecule has 3 aromatic carbocycles. The van der Waals surface area contributed by atoms with Crippen molar-refractivity contribution in [3.63, 3.8) is 0 Å². The van der Waals surface area contributed by atoms with Crippen LogP contribution >= 0.6 is 15.9 Å². The van der Waals surface area contributed by atoms with E-state index >= 15 is 0 Å². The van der Waals surface area contributed by atoms with E-state index in [1.165, 1.54) is 65.6 Å². The third kappa shape index (κ3) is 3.11. The molecule has 0 saturated carbocycles. The van der Waals surface area contributed by atoms with Gasteiger partial charge >= 0.3 is 6.18 Å². The number of hydrogen-bond donors (Lipinski definition) is 2. The van der Waals surface area contributed by atoms with Crippen molar-refractivity contribution < 1.29 is 22.7 Å². The number of nitrogens with zero attached hydrogens (tertiary/aromatic N) is 2. The number of alkyl halides is 3. The molecule has 0 aliphatic carbocycles. The second-order valence-corrected chi connectivity index (χ2v) is 8.32. The molecule has 0 aliphatic heterocycles. The highest BCUT2D eigenvalue weighted by molar-refractivity contribution is 9.10. The van der Waals surface area contributed by atoms with Gasteiger partial charge in [-0.05, 0) is 60.2 Å². The zero-order chi connectivity index (χ0) is 22.7. The molecule has 5 rings (SSSR count). The van der Waals surface area contributed by atoms with Crippen LogP contribution in [0.25, 0.3) is 27.5 Å². The van der Waals surface area contributed by atoms with Crippen LogP contribution in [-0.4, -0.2) is 26.0 Å². The maximum Gasteiger partial charge on any atom is 0.425 e. The van der Waals surface area contributed by atoms with Crippen LogP contribution in [0.15, 0.2) is 77.5 Å². The minimum atomic E-state index is -4.99.